The van der Waals surface area contributed by atoms with E-state index >= 15 is 0 Å². The van der Waals surface area contributed by atoms with Crippen molar-refractivity contribution < 1.29 is 22.7 Å². The third-order valence-corrected chi connectivity index (χ3v) is 7.37. The van der Waals surface area contributed by atoms with E-state index in [4.69, 9.17) is 9.47 Å². The van der Waals surface area contributed by atoms with Gasteiger partial charge in [0.25, 0.3) is 0 Å². The van der Waals surface area contributed by atoms with Crippen molar-refractivity contribution in [1.82, 2.24) is 9.62 Å². The van der Waals surface area contributed by atoms with Crippen molar-refractivity contribution in [3.8, 4) is 5.75 Å². The number of ether oxygens (including phenoxy) is 2. The molecule has 0 bridgehead atoms. The highest BCUT2D eigenvalue weighted by Crippen LogP contribution is 2.45. The maximum Gasteiger partial charge on any atom is 0.240 e. The Morgan fingerprint density at radius 1 is 1.22 bits per heavy atom. The second-order valence-corrected chi connectivity index (χ2v) is 9.19. The van der Waals surface area contributed by atoms with E-state index in [1.807, 2.05) is 4.90 Å². The van der Waals surface area contributed by atoms with Gasteiger partial charge in [0, 0.05) is 32.7 Å². The molecule has 0 radical (unpaired) electrons. The highest BCUT2D eigenvalue weighted by Gasteiger charge is 2.50. The monoisotopic (exact) mass is 396 g/mol. The van der Waals surface area contributed by atoms with Crippen LogP contribution in [0.2, 0.25) is 0 Å². The molecule has 2 aliphatic rings. The van der Waals surface area contributed by atoms with E-state index in [-0.39, 0.29) is 28.7 Å². The third-order valence-electron chi connectivity index (χ3n) is 5.93. The van der Waals surface area contributed by atoms with Crippen LogP contribution in [0.25, 0.3) is 0 Å². The molecule has 0 aromatic heterocycles. The van der Waals surface area contributed by atoms with Crippen molar-refractivity contribution in [1.29, 1.82) is 0 Å². The normalized spacial score (nSPS) is 27.8. The summed E-state index contributed by atoms with van der Waals surface area (Å²) in [6.07, 6.45) is 1.41. The number of nitrogens with zero attached hydrogens (tertiary/aromatic N) is 1. The summed E-state index contributed by atoms with van der Waals surface area (Å²) in [6.45, 7) is 3.62. The third kappa shape index (κ3) is 4.12. The largest absolute Gasteiger partial charge is 0.497 e. The van der Waals surface area contributed by atoms with Gasteiger partial charge >= 0.3 is 0 Å². The number of hydrogen-bond acceptors (Lipinski definition) is 5. The molecule has 1 aromatic carbocycles. The number of benzene rings is 1. The predicted molar refractivity (Wildman–Crippen MR) is 101 cm³/mol. The van der Waals surface area contributed by atoms with E-state index < -0.39 is 10.0 Å². The number of likely N-dealkylation sites (tertiary alicyclic amines) is 1. The lowest BCUT2D eigenvalue weighted by Gasteiger charge is -2.24. The molecule has 27 heavy (non-hydrogen) atoms. The zero-order valence-corrected chi connectivity index (χ0v) is 16.9. The SMILES string of the molecule is COCCN1C(=O)C[C@H]2[C@H](CNS(=O)(=O)c3ccc(OC)cc3)[C@@H](C)C[C@H]21. The molecule has 1 heterocycles. The molecule has 7 nitrogen and oxygen atoms in total. The molecular weight excluding hydrogens is 368 g/mol. The summed E-state index contributed by atoms with van der Waals surface area (Å²) in [5, 5.41) is 0. The van der Waals surface area contributed by atoms with Crippen LogP contribution in [0.1, 0.15) is 19.8 Å². The first-order valence-electron chi connectivity index (χ1n) is 9.29. The van der Waals surface area contributed by atoms with E-state index in [9.17, 15) is 13.2 Å². The lowest BCUT2D eigenvalue weighted by molar-refractivity contribution is -0.129. The van der Waals surface area contributed by atoms with Gasteiger partial charge in [-0.2, -0.15) is 0 Å². The maximum absolute atomic E-state index is 12.6. The van der Waals surface area contributed by atoms with Crippen LogP contribution in [0, 0.1) is 17.8 Å². The summed E-state index contributed by atoms with van der Waals surface area (Å²) in [5.41, 5.74) is 0. The van der Waals surface area contributed by atoms with Crippen molar-refractivity contribution in [3.63, 3.8) is 0 Å². The van der Waals surface area contributed by atoms with Crippen molar-refractivity contribution in [2.45, 2.75) is 30.7 Å². The number of hydrogen-bond donors (Lipinski definition) is 1. The van der Waals surface area contributed by atoms with E-state index in [1.165, 1.54) is 12.1 Å². The number of carbonyl (C=O) groups excluding carboxylic acids is 1. The van der Waals surface area contributed by atoms with Crippen molar-refractivity contribution in [3.05, 3.63) is 24.3 Å². The van der Waals surface area contributed by atoms with Crippen LogP contribution in [0.4, 0.5) is 0 Å². The molecule has 0 unspecified atom stereocenters. The summed E-state index contributed by atoms with van der Waals surface area (Å²) in [5.74, 6) is 1.47. The van der Waals surface area contributed by atoms with Crippen LogP contribution in [-0.4, -0.2) is 59.2 Å². The molecular formula is C19H28N2O5S. The zero-order valence-electron chi connectivity index (χ0n) is 16.1. The van der Waals surface area contributed by atoms with Gasteiger partial charge in [0.2, 0.25) is 15.9 Å². The molecule has 1 amide bonds. The van der Waals surface area contributed by atoms with Gasteiger partial charge < -0.3 is 14.4 Å². The molecule has 1 saturated carbocycles. The fourth-order valence-corrected chi connectivity index (χ4v) is 5.54. The molecule has 8 heteroatoms. The van der Waals surface area contributed by atoms with Crippen LogP contribution in [0.15, 0.2) is 29.2 Å². The number of nitrogens with one attached hydrogen (secondary N) is 1. The molecule has 1 aliphatic carbocycles. The van der Waals surface area contributed by atoms with Gasteiger partial charge in [0.1, 0.15) is 5.75 Å². The molecule has 1 aromatic rings. The summed E-state index contributed by atoms with van der Waals surface area (Å²) < 4.78 is 38.2. The summed E-state index contributed by atoms with van der Waals surface area (Å²) in [6, 6.07) is 6.53. The Morgan fingerprint density at radius 3 is 2.56 bits per heavy atom. The fraction of sp³-hybridized carbons (Fsp3) is 0.632. The molecule has 0 spiro atoms. The average molecular weight is 397 g/mol. The number of rotatable bonds is 8. The Morgan fingerprint density at radius 2 is 1.93 bits per heavy atom. The Kier molecular flexibility index (Phi) is 6.08. The first kappa shape index (κ1) is 20.1. The molecule has 1 saturated heterocycles. The van der Waals surface area contributed by atoms with Crippen LogP contribution in [0.5, 0.6) is 5.75 Å². The van der Waals surface area contributed by atoms with Crippen molar-refractivity contribution in [2.24, 2.45) is 17.8 Å². The topological polar surface area (TPSA) is 84.9 Å². The van der Waals surface area contributed by atoms with Gasteiger partial charge in [0.05, 0.1) is 18.6 Å². The number of methoxy groups -OCH3 is 2. The number of sulfonamides is 1. The summed E-state index contributed by atoms with van der Waals surface area (Å²) in [7, 11) is -0.419. The van der Waals surface area contributed by atoms with Crippen LogP contribution in [-0.2, 0) is 19.6 Å². The van der Waals surface area contributed by atoms with Crippen molar-refractivity contribution >= 4 is 15.9 Å². The Hall–Kier alpha value is -1.64. The molecule has 2 fully saturated rings. The van der Waals surface area contributed by atoms with Gasteiger partial charge in [-0.3, -0.25) is 4.79 Å². The van der Waals surface area contributed by atoms with Gasteiger partial charge in [-0.25, -0.2) is 13.1 Å². The standard InChI is InChI=1S/C19H28N2O5S/c1-13-10-18-16(11-19(22)21(18)8-9-25-2)17(13)12-20-27(23,24)15-6-4-14(26-3)5-7-15/h4-7,13,16-18,20H,8-12H2,1-3H3/t13-,16-,17+,18+/m0/s1. The average Bonchev–Trinajstić information content (AvgIpc) is 3.11. The minimum absolute atomic E-state index is 0.150. The van der Waals surface area contributed by atoms with Gasteiger partial charge in [0.15, 0.2) is 0 Å². The van der Waals surface area contributed by atoms with Crippen LogP contribution >= 0.6 is 0 Å². The van der Waals surface area contributed by atoms with Gasteiger partial charge in [-0.15, -0.1) is 0 Å². The molecule has 1 N–H and O–H groups in total. The number of amides is 1. The second kappa shape index (κ2) is 8.16. The van der Waals surface area contributed by atoms with Crippen LogP contribution in [0.3, 0.4) is 0 Å². The van der Waals surface area contributed by atoms with Gasteiger partial charge in [-0.1, -0.05) is 6.92 Å². The van der Waals surface area contributed by atoms with E-state index in [1.54, 1.807) is 26.4 Å². The lowest BCUT2D eigenvalue weighted by atomic mass is 9.89. The summed E-state index contributed by atoms with van der Waals surface area (Å²) >= 11 is 0. The van der Waals surface area contributed by atoms with Crippen molar-refractivity contribution in [2.75, 3.05) is 33.9 Å². The lowest BCUT2D eigenvalue weighted by Crippen LogP contribution is -2.36. The van der Waals surface area contributed by atoms with Gasteiger partial charge in [-0.05, 0) is 48.4 Å². The minimum Gasteiger partial charge on any atom is -0.497 e. The fourth-order valence-electron chi connectivity index (χ4n) is 4.46. The highest BCUT2D eigenvalue weighted by atomic mass is 32.2. The summed E-state index contributed by atoms with van der Waals surface area (Å²) in [4.78, 5) is 14.5. The number of fused-ring (bicyclic) bond motifs is 1. The number of carbonyl (C=O) groups is 1. The predicted octanol–water partition coefficient (Wildman–Crippen LogP) is 1.49. The Bertz CT molecular complexity index is 765. The Balaban J connectivity index is 1.66. The minimum atomic E-state index is -3.59. The van der Waals surface area contributed by atoms with E-state index in [0.29, 0.717) is 37.8 Å². The maximum atomic E-state index is 12.6. The molecule has 4 atom stereocenters. The van der Waals surface area contributed by atoms with E-state index in [0.717, 1.165) is 6.42 Å². The second-order valence-electron chi connectivity index (χ2n) is 7.42. The molecule has 1 aliphatic heterocycles. The quantitative estimate of drug-likeness (QED) is 0.720. The first-order valence-corrected chi connectivity index (χ1v) is 10.8. The zero-order chi connectivity index (χ0) is 19.6. The molecule has 150 valence electrons. The van der Waals surface area contributed by atoms with Crippen LogP contribution < -0.4 is 9.46 Å². The highest BCUT2D eigenvalue weighted by molar-refractivity contribution is 7.89. The Labute approximate surface area is 161 Å². The van der Waals surface area contributed by atoms with E-state index in [2.05, 4.69) is 11.6 Å². The molecule has 3 rings (SSSR count). The smallest absolute Gasteiger partial charge is 0.240 e. The first-order chi connectivity index (χ1) is 12.9.